The molecular weight excluding hydrogens is 500 g/mol. The molecular formula is C6H16Se4Si4. The third kappa shape index (κ3) is 1.92. The molecule has 4 bridgehead atoms. The summed E-state index contributed by atoms with van der Waals surface area (Å²) in [6.07, 6.45) is 0. The van der Waals surface area contributed by atoms with Crippen LogP contribution < -0.4 is 0 Å². The van der Waals surface area contributed by atoms with E-state index >= 15 is 0 Å². The van der Waals surface area contributed by atoms with Crippen molar-refractivity contribution in [3.8, 4) is 0 Å². The fourth-order valence-corrected chi connectivity index (χ4v) is 469. The van der Waals surface area contributed by atoms with Crippen LogP contribution in [0, 0.1) is 0 Å². The van der Waals surface area contributed by atoms with Crippen LogP contribution in [-0.4, -0.2) is 75.9 Å². The average molecular weight is 516 g/mol. The van der Waals surface area contributed by atoms with Gasteiger partial charge in [-0.3, -0.25) is 0 Å². The van der Waals surface area contributed by atoms with Crippen molar-refractivity contribution in [1.82, 2.24) is 0 Å². The summed E-state index contributed by atoms with van der Waals surface area (Å²) in [5, 5.41) is -1.90. The monoisotopic (exact) mass is 520 g/mol. The molecule has 4 heterocycles. The Kier molecular flexibility index (Phi) is 2.81. The van der Waals surface area contributed by atoms with Crippen LogP contribution in [0.3, 0.4) is 0 Å². The fraction of sp³-hybridized carbons (Fsp3) is 1.00. The first kappa shape index (κ1) is 12.0. The van der Waals surface area contributed by atoms with Gasteiger partial charge in [-0.15, -0.1) is 0 Å². The second-order valence-corrected chi connectivity index (χ2v) is 97.0. The van der Waals surface area contributed by atoms with Gasteiger partial charge in [0, 0.05) is 0 Å². The van der Waals surface area contributed by atoms with Gasteiger partial charge in [0.2, 0.25) is 0 Å². The summed E-state index contributed by atoms with van der Waals surface area (Å²) in [4.78, 5) is 0. The molecule has 0 N–H and O–H groups in total. The predicted molar refractivity (Wildman–Crippen MR) is 79.1 cm³/mol. The Morgan fingerprint density at radius 1 is 0.571 bits per heavy atom. The summed E-state index contributed by atoms with van der Waals surface area (Å²) < 4.78 is 0. The van der Waals surface area contributed by atoms with E-state index in [-0.39, 0.29) is 0 Å². The van der Waals surface area contributed by atoms with E-state index < -0.39 is 21.1 Å². The molecule has 4 saturated heterocycles. The molecule has 0 amide bonds. The van der Waals surface area contributed by atoms with Crippen molar-refractivity contribution >= 4 is 75.9 Å². The summed E-state index contributed by atoms with van der Waals surface area (Å²) in [5.74, 6) is 0. The van der Waals surface area contributed by atoms with Gasteiger partial charge in [-0.1, -0.05) is 0 Å². The number of hydrogen-bond donors (Lipinski definition) is 0. The number of hydrogen-bond acceptors (Lipinski definition) is 0. The van der Waals surface area contributed by atoms with Gasteiger partial charge in [0.25, 0.3) is 0 Å². The standard InChI is InChI=1S/C6H16Se4Si4/c1-11-5-12(2)9-13(3,7-11)6-14(4,8-11)10-12/h5-6H2,1-4H3. The molecule has 0 saturated carbocycles. The first-order valence-corrected chi connectivity index (χ1v) is 35.7. The molecule has 0 spiro atoms. The summed E-state index contributed by atoms with van der Waals surface area (Å²) >= 11 is 5.26. The van der Waals surface area contributed by atoms with Gasteiger partial charge in [0.05, 0.1) is 0 Å². The Hall–Kier alpha value is 2.95. The first-order chi connectivity index (χ1) is 6.24. The maximum absolute atomic E-state index is 2.87. The minimum atomic E-state index is -0.476. The molecule has 4 rings (SSSR count). The third-order valence-corrected chi connectivity index (χ3v) is 180. The SMILES string of the molecule is C[Si]12C[Si]3(C)[Se][Si](C)(C[Si](C)([Se]1)[Se]3)[Se]2. The van der Waals surface area contributed by atoms with Crippen LogP contribution in [0.2, 0.25) is 37.5 Å². The van der Waals surface area contributed by atoms with E-state index in [0.717, 1.165) is 0 Å². The Bertz CT molecular complexity index is 215. The van der Waals surface area contributed by atoms with Gasteiger partial charge in [-0.25, -0.2) is 0 Å². The van der Waals surface area contributed by atoms with Crippen molar-refractivity contribution < 1.29 is 0 Å². The van der Waals surface area contributed by atoms with Crippen LogP contribution in [0.5, 0.6) is 0 Å². The Balaban J connectivity index is 2.08. The van der Waals surface area contributed by atoms with E-state index in [1.807, 2.05) is 11.3 Å². The van der Waals surface area contributed by atoms with Crippen LogP contribution in [-0.2, 0) is 0 Å². The van der Waals surface area contributed by atoms with Crippen LogP contribution in [0.15, 0.2) is 0 Å². The van der Waals surface area contributed by atoms with E-state index in [9.17, 15) is 0 Å². The van der Waals surface area contributed by atoms with Crippen molar-refractivity contribution in [2.45, 2.75) is 37.5 Å². The molecule has 4 aliphatic heterocycles. The van der Waals surface area contributed by atoms with Gasteiger partial charge in [0.15, 0.2) is 0 Å². The summed E-state index contributed by atoms with van der Waals surface area (Å²) in [6, 6.07) is 0. The zero-order valence-corrected chi connectivity index (χ0v) is 19.9. The normalized spacial score (nSPS) is 66.0. The first-order valence-electron chi connectivity index (χ1n) is 5.05. The second kappa shape index (κ2) is 3.28. The molecule has 0 atom stereocenters. The van der Waals surface area contributed by atoms with Crippen molar-refractivity contribution in [2.75, 3.05) is 0 Å². The van der Waals surface area contributed by atoms with Crippen molar-refractivity contribution in [3.05, 3.63) is 0 Å². The van der Waals surface area contributed by atoms with Crippen LogP contribution in [0.4, 0.5) is 0 Å². The second-order valence-electron chi connectivity index (χ2n) is 5.30. The molecule has 0 aliphatic carbocycles. The molecule has 8 heteroatoms. The van der Waals surface area contributed by atoms with Crippen LogP contribution >= 0.6 is 0 Å². The van der Waals surface area contributed by atoms with E-state index in [0.29, 0.717) is 0 Å². The molecule has 14 heavy (non-hydrogen) atoms. The van der Waals surface area contributed by atoms with Crippen LogP contribution in [0.25, 0.3) is 0 Å². The Morgan fingerprint density at radius 2 is 0.786 bits per heavy atom. The zero-order chi connectivity index (χ0) is 10.2. The zero-order valence-electron chi connectivity index (χ0n) is 9.05. The van der Waals surface area contributed by atoms with Gasteiger partial charge >= 0.3 is 113 Å². The van der Waals surface area contributed by atoms with Crippen molar-refractivity contribution in [3.63, 3.8) is 0 Å². The molecule has 0 unspecified atom stereocenters. The van der Waals surface area contributed by atoms with E-state index in [1.54, 1.807) is 0 Å². The predicted octanol–water partition coefficient (Wildman–Crippen LogP) is 0.210. The fourth-order valence-electron chi connectivity index (χ4n) is 3.37. The third-order valence-electron chi connectivity index (χ3n) is 3.01. The van der Waals surface area contributed by atoms with Crippen molar-refractivity contribution in [1.29, 1.82) is 0 Å². The Labute approximate surface area is 112 Å². The topological polar surface area (TPSA) is 0 Å². The Morgan fingerprint density at radius 3 is 1.00 bits per heavy atom. The summed E-state index contributed by atoms with van der Waals surface area (Å²) in [5.41, 5.74) is 3.93. The van der Waals surface area contributed by atoms with Gasteiger partial charge in [-0.2, -0.15) is 0 Å². The minimum absolute atomic E-state index is 0.476. The molecule has 0 aromatic carbocycles. The molecule has 0 aromatic heterocycles. The van der Waals surface area contributed by atoms with E-state index in [1.165, 1.54) is 54.7 Å². The average Bonchev–Trinajstić information content (AvgIpc) is 1.67. The number of rotatable bonds is 0. The molecule has 0 nitrogen and oxygen atoms in total. The summed E-state index contributed by atoms with van der Waals surface area (Å²) in [6.45, 7) is 11.5. The van der Waals surface area contributed by atoms with Crippen molar-refractivity contribution in [2.24, 2.45) is 0 Å². The molecule has 0 radical (unpaired) electrons. The maximum atomic E-state index is 2.87. The molecule has 80 valence electrons. The molecule has 4 fully saturated rings. The summed E-state index contributed by atoms with van der Waals surface area (Å²) in [7, 11) is 0. The molecule has 4 aliphatic rings. The van der Waals surface area contributed by atoms with Gasteiger partial charge in [-0.05, 0) is 0 Å². The van der Waals surface area contributed by atoms with Gasteiger partial charge in [0.1, 0.15) is 0 Å². The molecule has 0 aromatic rings. The van der Waals surface area contributed by atoms with Gasteiger partial charge < -0.3 is 0 Å². The van der Waals surface area contributed by atoms with Crippen LogP contribution in [0.1, 0.15) is 0 Å². The van der Waals surface area contributed by atoms with E-state index in [2.05, 4.69) is 26.2 Å². The van der Waals surface area contributed by atoms with E-state index in [4.69, 9.17) is 0 Å². The quantitative estimate of drug-likeness (QED) is 0.405.